The molecule has 0 radical (unpaired) electrons. The van der Waals surface area contributed by atoms with Crippen LogP contribution in [0.15, 0.2) is 41.5 Å². The Balaban J connectivity index is 1.80. The highest BCUT2D eigenvalue weighted by atomic mass is 35.5. The molecule has 0 saturated carbocycles. The topological polar surface area (TPSA) is 101 Å². The quantitative estimate of drug-likeness (QED) is 0.551. The number of hydrogen-bond acceptors (Lipinski definition) is 5. The van der Waals surface area contributed by atoms with Gasteiger partial charge in [0.1, 0.15) is 5.69 Å². The Morgan fingerprint density at radius 2 is 2.20 bits per heavy atom. The zero-order valence-electron chi connectivity index (χ0n) is 13.0. The Morgan fingerprint density at radius 1 is 1.36 bits per heavy atom. The summed E-state index contributed by atoms with van der Waals surface area (Å²) in [4.78, 5) is 29.3. The second-order valence-electron chi connectivity index (χ2n) is 5.92. The predicted octanol–water partition coefficient (Wildman–Crippen LogP) is 3.58. The van der Waals surface area contributed by atoms with Crippen molar-refractivity contribution in [3.8, 4) is 0 Å². The van der Waals surface area contributed by atoms with Crippen molar-refractivity contribution in [2.75, 3.05) is 5.32 Å². The fourth-order valence-corrected chi connectivity index (χ4v) is 3.59. The van der Waals surface area contributed by atoms with Gasteiger partial charge >= 0.3 is 0 Å². The molecule has 8 heteroatoms. The van der Waals surface area contributed by atoms with E-state index in [1.54, 1.807) is 6.07 Å². The summed E-state index contributed by atoms with van der Waals surface area (Å²) in [5.41, 5.74) is 2.30. The van der Waals surface area contributed by atoms with Gasteiger partial charge in [0.15, 0.2) is 0 Å². The van der Waals surface area contributed by atoms with E-state index in [0.29, 0.717) is 16.2 Å². The van der Waals surface area contributed by atoms with Gasteiger partial charge < -0.3 is 10.3 Å². The first-order valence-corrected chi connectivity index (χ1v) is 8.12. The molecule has 1 aromatic heterocycles. The number of nitrogens with zero attached hydrogens (tertiary/aromatic N) is 2. The van der Waals surface area contributed by atoms with Gasteiger partial charge in [-0.2, -0.15) is 0 Å². The van der Waals surface area contributed by atoms with Crippen LogP contribution < -0.4 is 10.9 Å². The molecule has 7 nitrogen and oxygen atoms in total. The Labute approximate surface area is 146 Å². The van der Waals surface area contributed by atoms with Crippen LogP contribution in [0, 0.1) is 10.1 Å². The van der Waals surface area contributed by atoms with E-state index in [4.69, 9.17) is 11.6 Å². The predicted molar refractivity (Wildman–Crippen MR) is 95.2 cm³/mol. The third-order valence-corrected chi connectivity index (χ3v) is 4.85. The SMILES string of the molecule is O=c1[nH]cnc2cc(N[C@H]3CCc4c(Cl)cccc43)c([N+](=O)[O-])cc12. The number of halogens is 1. The van der Waals surface area contributed by atoms with E-state index in [-0.39, 0.29) is 17.1 Å². The number of benzene rings is 2. The smallest absolute Gasteiger partial charge is 0.293 e. The lowest BCUT2D eigenvalue weighted by Gasteiger charge is -2.16. The van der Waals surface area contributed by atoms with Gasteiger partial charge in [0.05, 0.1) is 28.2 Å². The zero-order valence-corrected chi connectivity index (χ0v) is 13.7. The van der Waals surface area contributed by atoms with Crippen LogP contribution in [0.3, 0.4) is 0 Å². The first-order valence-electron chi connectivity index (χ1n) is 7.74. The summed E-state index contributed by atoms with van der Waals surface area (Å²) >= 11 is 6.23. The lowest BCUT2D eigenvalue weighted by molar-refractivity contribution is -0.383. The average Bonchev–Trinajstić information content (AvgIpc) is 2.99. The first kappa shape index (κ1) is 15.6. The Morgan fingerprint density at radius 3 is 3.00 bits per heavy atom. The maximum absolute atomic E-state index is 11.9. The molecule has 0 spiro atoms. The van der Waals surface area contributed by atoms with Gasteiger partial charge in [-0.3, -0.25) is 14.9 Å². The fourth-order valence-electron chi connectivity index (χ4n) is 3.32. The van der Waals surface area contributed by atoms with Crippen molar-refractivity contribution in [3.63, 3.8) is 0 Å². The number of nitrogens with one attached hydrogen (secondary N) is 2. The molecule has 0 amide bonds. The van der Waals surface area contributed by atoms with Crippen LogP contribution in [0.1, 0.15) is 23.6 Å². The molecule has 0 bridgehead atoms. The van der Waals surface area contributed by atoms with Crippen molar-refractivity contribution in [1.29, 1.82) is 0 Å². The van der Waals surface area contributed by atoms with Crippen molar-refractivity contribution in [3.05, 3.63) is 73.3 Å². The molecule has 0 unspecified atom stereocenters. The first-order chi connectivity index (χ1) is 12.0. The van der Waals surface area contributed by atoms with Crippen LogP contribution in [-0.4, -0.2) is 14.9 Å². The number of anilines is 1. The Bertz CT molecular complexity index is 1060. The van der Waals surface area contributed by atoms with Crippen LogP contribution >= 0.6 is 11.6 Å². The highest BCUT2D eigenvalue weighted by molar-refractivity contribution is 6.31. The monoisotopic (exact) mass is 356 g/mol. The molecule has 1 heterocycles. The van der Waals surface area contributed by atoms with E-state index in [2.05, 4.69) is 15.3 Å². The van der Waals surface area contributed by atoms with E-state index < -0.39 is 10.5 Å². The Kier molecular flexibility index (Phi) is 3.65. The molecule has 2 N–H and O–H groups in total. The second-order valence-corrected chi connectivity index (χ2v) is 6.33. The standard InChI is InChI=1S/C17H13ClN4O3/c18-12-3-1-2-10-9(12)4-5-13(10)21-15-7-14-11(6-16(15)22(24)25)17(23)20-8-19-14/h1-3,6-8,13,21H,4-5H2,(H,19,20,23)/t13-/m0/s1. The van der Waals surface area contributed by atoms with E-state index >= 15 is 0 Å². The van der Waals surface area contributed by atoms with Crippen molar-refractivity contribution >= 4 is 33.9 Å². The summed E-state index contributed by atoms with van der Waals surface area (Å²) in [6, 6.07) is 8.42. The molecule has 2 aromatic carbocycles. The third kappa shape index (κ3) is 2.62. The van der Waals surface area contributed by atoms with Crippen LogP contribution in [0.5, 0.6) is 0 Å². The molecular weight excluding hydrogens is 344 g/mol. The molecule has 25 heavy (non-hydrogen) atoms. The van der Waals surface area contributed by atoms with Crippen molar-refractivity contribution in [1.82, 2.24) is 9.97 Å². The number of nitro groups is 1. The molecule has 4 rings (SSSR count). The average molecular weight is 357 g/mol. The third-order valence-electron chi connectivity index (χ3n) is 4.50. The van der Waals surface area contributed by atoms with Gasteiger partial charge in [0, 0.05) is 11.1 Å². The maximum atomic E-state index is 11.9. The molecule has 1 atom stereocenters. The number of aromatic nitrogens is 2. The molecular formula is C17H13ClN4O3. The van der Waals surface area contributed by atoms with E-state index in [1.165, 1.54) is 12.4 Å². The number of nitro benzene ring substituents is 1. The van der Waals surface area contributed by atoms with Crippen molar-refractivity contribution in [2.24, 2.45) is 0 Å². The molecule has 0 saturated heterocycles. The molecule has 0 aliphatic heterocycles. The second kappa shape index (κ2) is 5.86. The largest absolute Gasteiger partial charge is 0.373 e. The van der Waals surface area contributed by atoms with Gasteiger partial charge in [0.2, 0.25) is 0 Å². The van der Waals surface area contributed by atoms with Gasteiger partial charge in [-0.25, -0.2) is 4.98 Å². The van der Waals surface area contributed by atoms with Crippen LogP contribution in [0.4, 0.5) is 11.4 Å². The van der Waals surface area contributed by atoms with Crippen LogP contribution in [0.2, 0.25) is 5.02 Å². The highest BCUT2D eigenvalue weighted by Crippen LogP contribution is 2.39. The fraction of sp³-hybridized carbons (Fsp3) is 0.176. The molecule has 1 aliphatic rings. The van der Waals surface area contributed by atoms with Gasteiger partial charge in [-0.15, -0.1) is 0 Å². The van der Waals surface area contributed by atoms with Crippen LogP contribution in [-0.2, 0) is 6.42 Å². The summed E-state index contributed by atoms with van der Waals surface area (Å²) in [6.07, 6.45) is 2.88. The lowest BCUT2D eigenvalue weighted by atomic mass is 10.1. The zero-order chi connectivity index (χ0) is 17.6. The number of aromatic amines is 1. The summed E-state index contributed by atoms with van der Waals surface area (Å²) in [6.45, 7) is 0. The number of hydrogen-bond donors (Lipinski definition) is 2. The number of fused-ring (bicyclic) bond motifs is 2. The molecule has 126 valence electrons. The highest BCUT2D eigenvalue weighted by Gasteiger charge is 2.27. The minimum atomic E-state index is -0.498. The van der Waals surface area contributed by atoms with E-state index in [1.807, 2.05) is 18.2 Å². The van der Waals surface area contributed by atoms with Crippen molar-refractivity contribution < 1.29 is 4.92 Å². The summed E-state index contributed by atoms with van der Waals surface area (Å²) in [5.74, 6) is 0. The van der Waals surface area contributed by atoms with Gasteiger partial charge in [0.25, 0.3) is 11.2 Å². The summed E-state index contributed by atoms with van der Waals surface area (Å²) in [7, 11) is 0. The van der Waals surface area contributed by atoms with Gasteiger partial charge in [-0.05, 0) is 36.1 Å². The van der Waals surface area contributed by atoms with Gasteiger partial charge in [-0.1, -0.05) is 23.7 Å². The lowest BCUT2D eigenvalue weighted by Crippen LogP contribution is -2.11. The van der Waals surface area contributed by atoms with E-state index in [0.717, 1.165) is 24.0 Å². The molecule has 3 aromatic rings. The molecule has 1 aliphatic carbocycles. The van der Waals surface area contributed by atoms with E-state index in [9.17, 15) is 14.9 Å². The minimum absolute atomic E-state index is 0.0770. The van der Waals surface area contributed by atoms with Crippen molar-refractivity contribution in [2.45, 2.75) is 18.9 Å². The minimum Gasteiger partial charge on any atom is -0.373 e. The van der Waals surface area contributed by atoms with Crippen LogP contribution in [0.25, 0.3) is 10.9 Å². The Hall–Kier alpha value is -2.93. The number of rotatable bonds is 3. The summed E-state index contributed by atoms with van der Waals surface area (Å²) in [5, 5.41) is 15.6. The molecule has 0 fully saturated rings. The summed E-state index contributed by atoms with van der Waals surface area (Å²) < 4.78 is 0. The normalized spacial score (nSPS) is 16.0. The number of H-pyrrole nitrogens is 1. The maximum Gasteiger partial charge on any atom is 0.293 e.